The number of hydrogen-bond donors (Lipinski definition) is 1. The van der Waals surface area contributed by atoms with Crippen LogP contribution in [-0.2, 0) is 11.2 Å². The molecule has 1 atom stereocenters. The highest BCUT2D eigenvalue weighted by Crippen LogP contribution is 2.36. The van der Waals surface area contributed by atoms with Gasteiger partial charge in [-0.3, -0.25) is 9.80 Å². The lowest BCUT2D eigenvalue weighted by Gasteiger charge is -2.25. The molecule has 30 heavy (non-hydrogen) atoms. The van der Waals surface area contributed by atoms with Crippen molar-refractivity contribution in [1.29, 1.82) is 0 Å². The van der Waals surface area contributed by atoms with Crippen LogP contribution in [0.5, 0.6) is 0 Å². The molecule has 1 N–H and O–H groups in total. The fourth-order valence-corrected chi connectivity index (χ4v) is 3.73. The minimum absolute atomic E-state index is 0. The summed E-state index contributed by atoms with van der Waals surface area (Å²) in [4.78, 5) is 17.4. The van der Waals surface area contributed by atoms with Crippen molar-refractivity contribution in [3.05, 3.63) is 71.3 Å². The molecule has 0 bridgehead atoms. The number of benzene rings is 1. The van der Waals surface area contributed by atoms with Crippen molar-refractivity contribution in [2.75, 3.05) is 7.05 Å². The average Bonchev–Trinajstić information content (AvgIpc) is 3.30. The van der Waals surface area contributed by atoms with E-state index in [0.717, 1.165) is 24.1 Å². The van der Waals surface area contributed by atoms with Crippen LogP contribution in [0.3, 0.4) is 0 Å². The van der Waals surface area contributed by atoms with Gasteiger partial charge in [0, 0.05) is 19.0 Å². The van der Waals surface area contributed by atoms with Gasteiger partial charge in [-0.1, -0.05) is 47.3 Å². The Morgan fingerprint density at radius 2 is 2.13 bits per heavy atom. The number of carbonyl (C=O) groups excluding carboxylic acids is 1. The number of fused-ring (bicyclic) bond motifs is 2. The van der Waals surface area contributed by atoms with Gasteiger partial charge in [-0.15, -0.1) is 12.0 Å². The molecule has 3 aliphatic rings. The van der Waals surface area contributed by atoms with Gasteiger partial charge >= 0.3 is 0 Å². The van der Waals surface area contributed by atoms with Crippen molar-refractivity contribution in [3.8, 4) is 12.3 Å². The van der Waals surface area contributed by atoms with E-state index in [-0.39, 0.29) is 26.6 Å². The SMILES string of the molecule is C.C.C#Cc1ccc2c(c1)CC[C@@H]2CC(=O)C1=NC2=CN(C)NN2C(C=C)=C1.CC. The van der Waals surface area contributed by atoms with Crippen LogP contribution in [0.1, 0.15) is 64.2 Å². The van der Waals surface area contributed by atoms with Crippen molar-refractivity contribution in [2.24, 2.45) is 4.99 Å². The largest absolute Gasteiger partial charge is 0.297 e. The molecule has 5 heteroatoms. The number of aryl methyl sites for hydroxylation is 1. The molecule has 0 saturated carbocycles. The molecule has 1 aromatic rings. The summed E-state index contributed by atoms with van der Waals surface area (Å²) >= 11 is 0. The van der Waals surface area contributed by atoms with Crippen LogP contribution in [0.4, 0.5) is 0 Å². The normalized spacial score (nSPS) is 18.1. The molecule has 0 amide bonds. The van der Waals surface area contributed by atoms with Gasteiger partial charge in [-0.2, -0.15) is 0 Å². The molecular formula is C25H34N4O. The van der Waals surface area contributed by atoms with Gasteiger partial charge < -0.3 is 0 Å². The first-order valence-corrected chi connectivity index (χ1v) is 9.65. The maximum Gasteiger partial charge on any atom is 0.181 e. The molecule has 2 heterocycles. The fraction of sp³-hybridized carbons (Fsp3) is 0.360. The number of nitrogens with one attached hydrogen (secondary N) is 1. The number of allylic oxidation sites excluding steroid dienone is 2. The number of rotatable bonds is 4. The van der Waals surface area contributed by atoms with Crippen LogP contribution in [0.2, 0.25) is 0 Å². The molecule has 0 aromatic heterocycles. The Balaban J connectivity index is 0.00000109. The van der Waals surface area contributed by atoms with E-state index in [9.17, 15) is 4.79 Å². The number of aliphatic imine (C=N–C) groups is 1. The summed E-state index contributed by atoms with van der Waals surface area (Å²) in [5.74, 6) is 3.65. The third kappa shape index (κ3) is 4.72. The summed E-state index contributed by atoms with van der Waals surface area (Å²) in [6, 6.07) is 6.10. The summed E-state index contributed by atoms with van der Waals surface area (Å²) in [6.45, 7) is 7.83. The lowest BCUT2D eigenvalue weighted by Crippen LogP contribution is -2.39. The smallest absolute Gasteiger partial charge is 0.181 e. The molecule has 0 unspecified atom stereocenters. The molecule has 160 valence electrons. The third-order valence-electron chi connectivity index (χ3n) is 5.01. The Morgan fingerprint density at radius 3 is 2.80 bits per heavy atom. The van der Waals surface area contributed by atoms with Crippen molar-refractivity contribution in [3.63, 3.8) is 0 Å². The summed E-state index contributed by atoms with van der Waals surface area (Å²) in [5.41, 5.74) is 7.81. The predicted molar refractivity (Wildman–Crippen MR) is 126 cm³/mol. The first-order valence-electron chi connectivity index (χ1n) is 9.65. The molecule has 0 spiro atoms. The minimum atomic E-state index is 0. The first-order chi connectivity index (χ1) is 13.6. The van der Waals surface area contributed by atoms with Crippen LogP contribution in [-0.4, -0.2) is 28.6 Å². The average molecular weight is 407 g/mol. The monoisotopic (exact) mass is 406 g/mol. The first kappa shape index (κ1) is 24.9. The summed E-state index contributed by atoms with van der Waals surface area (Å²) in [7, 11) is 1.88. The van der Waals surface area contributed by atoms with Crippen molar-refractivity contribution in [2.45, 2.75) is 53.9 Å². The van der Waals surface area contributed by atoms with Gasteiger partial charge in [0.15, 0.2) is 11.6 Å². The van der Waals surface area contributed by atoms with Gasteiger partial charge in [0.25, 0.3) is 0 Å². The second kappa shape index (κ2) is 10.6. The van der Waals surface area contributed by atoms with E-state index in [1.807, 2.05) is 33.2 Å². The third-order valence-corrected chi connectivity index (χ3v) is 5.01. The van der Waals surface area contributed by atoms with E-state index >= 15 is 0 Å². The highest BCUT2D eigenvalue weighted by atomic mass is 16.1. The Labute approximate surface area is 181 Å². The molecule has 5 nitrogen and oxygen atoms in total. The molecule has 0 radical (unpaired) electrons. The van der Waals surface area contributed by atoms with E-state index < -0.39 is 0 Å². The minimum Gasteiger partial charge on any atom is -0.297 e. The van der Waals surface area contributed by atoms with Crippen molar-refractivity contribution >= 4 is 11.5 Å². The van der Waals surface area contributed by atoms with E-state index in [4.69, 9.17) is 6.42 Å². The Kier molecular flexibility index (Phi) is 8.82. The quantitative estimate of drug-likeness (QED) is 0.719. The number of ketones is 1. The highest BCUT2D eigenvalue weighted by Gasteiger charge is 2.30. The van der Waals surface area contributed by atoms with E-state index in [0.29, 0.717) is 18.0 Å². The van der Waals surface area contributed by atoms with Gasteiger partial charge in [0.1, 0.15) is 5.71 Å². The van der Waals surface area contributed by atoms with Crippen LogP contribution in [0.15, 0.2) is 59.6 Å². The maximum absolute atomic E-state index is 12.9. The van der Waals surface area contributed by atoms with Gasteiger partial charge in [-0.25, -0.2) is 10.0 Å². The highest BCUT2D eigenvalue weighted by molar-refractivity contribution is 6.45. The lowest BCUT2D eigenvalue weighted by molar-refractivity contribution is -0.113. The number of terminal acetylenes is 1. The van der Waals surface area contributed by atoms with E-state index in [1.165, 1.54) is 11.1 Å². The molecule has 0 fully saturated rings. The number of hydrogen-bond acceptors (Lipinski definition) is 5. The zero-order valence-electron chi connectivity index (χ0n) is 16.7. The number of carbonyl (C=O) groups is 1. The van der Waals surface area contributed by atoms with Crippen LogP contribution in [0.25, 0.3) is 0 Å². The van der Waals surface area contributed by atoms with Gasteiger partial charge in [0.2, 0.25) is 0 Å². The summed E-state index contributed by atoms with van der Waals surface area (Å²) < 4.78 is 0. The lowest BCUT2D eigenvalue weighted by atomic mass is 9.93. The second-order valence-electron chi connectivity index (χ2n) is 6.72. The molecule has 1 aromatic carbocycles. The van der Waals surface area contributed by atoms with Crippen LogP contribution < -0.4 is 5.53 Å². The molecule has 2 aliphatic heterocycles. The molecule has 0 saturated heterocycles. The van der Waals surface area contributed by atoms with Crippen molar-refractivity contribution in [1.82, 2.24) is 15.6 Å². The Morgan fingerprint density at radius 1 is 1.40 bits per heavy atom. The van der Waals surface area contributed by atoms with E-state index in [2.05, 4.69) is 35.2 Å². The van der Waals surface area contributed by atoms with Gasteiger partial charge in [-0.05, 0) is 54.2 Å². The number of nitrogens with zero attached hydrogens (tertiary/aromatic N) is 3. The maximum atomic E-state index is 12.9. The van der Waals surface area contributed by atoms with Crippen LogP contribution >= 0.6 is 0 Å². The van der Waals surface area contributed by atoms with Crippen molar-refractivity contribution < 1.29 is 4.79 Å². The molecule has 4 rings (SSSR count). The second-order valence-corrected chi connectivity index (χ2v) is 6.72. The predicted octanol–water partition coefficient (Wildman–Crippen LogP) is 4.95. The Bertz CT molecular complexity index is 933. The van der Waals surface area contributed by atoms with Crippen LogP contribution in [0, 0.1) is 12.3 Å². The standard InChI is InChI=1S/C21H20N4O.C2H6.2CH4/c1-4-14-6-9-18-15(10-14)7-8-16(18)11-20(26)19-12-17(5-2)25-21(22-19)13-24(3)23-25;1-2;;/h1,5-6,9-10,12-13,16,23H,2,7-8,11H2,3H3;1-2H3;2*1H4/t16-;;;/m1.../s1. The number of hydrazine groups is 2. The zero-order valence-corrected chi connectivity index (χ0v) is 16.7. The summed E-state index contributed by atoms with van der Waals surface area (Å²) in [5, 5.41) is 3.59. The molecule has 1 aliphatic carbocycles. The van der Waals surface area contributed by atoms with E-state index in [1.54, 1.807) is 22.2 Å². The fourth-order valence-electron chi connectivity index (χ4n) is 3.73. The topological polar surface area (TPSA) is 47.9 Å². The summed E-state index contributed by atoms with van der Waals surface area (Å²) in [6.07, 6.45) is 13.2. The van der Waals surface area contributed by atoms with Gasteiger partial charge in [0.05, 0.1) is 11.9 Å². The Hall–Kier alpha value is -3.10. The number of Topliss-reactive ketones (excluding diaryl/α,β-unsaturated/α-hetero) is 1. The zero-order chi connectivity index (χ0) is 20.3. The molecular weight excluding hydrogens is 372 g/mol.